The van der Waals surface area contributed by atoms with E-state index < -0.39 is 0 Å². The van der Waals surface area contributed by atoms with E-state index in [0.717, 1.165) is 18.6 Å². The third kappa shape index (κ3) is 2.40. The highest BCUT2D eigenvalue weighted by molar-refractivity contribution is 6.32. The lowest BCUT2D eigenvalue weighted by Gasteiger charge is -2.12. The maximum atomic E-state index is 6.02. The van der Waals surface area contributed by atoms with Gasteiger partial charge in [-0.25, -0.2) is 0 Å². The summed E-state index contributed by atoms with van der Waals surface area (Å²) in [5.41, 5.74) is 7.86. The van der Waals surface area contributed by atoms with Crippen molar-refractivity contribution in [1.29, 1.82) is 0 Å². The summed E-state index contributed by atoms with van der Waals surface area (Å²) >= 11 is 6.02. The SMILES string of the molecule is COc1c(Cl)ccc(C)c1CCCN. The molecule has 0 atom stereocenters. The van der Waals surface area contributed by atoms with Crippen LogP contribution in [0.5, 0.6) is 5.75 Å². The van der Waals surface area contributed by atoms with Crippen molar-refractivity contribution in [1.82, 2.24) is 0 Å². The Morgan fingerprint density at radius 1 is 1.43 bits per heavy atom. The molecular weight excluding hydrogens is 198 g/mol. The van der Waals surface area contributed by atoms with Crippen molar-refractivity contribution in [2.45, 2.75) is 19.8 Å². The molecule has 0 aliphatic carbocycles. The molecule has 0 amide bonds. The quantitative estimate of drug-likeness (QED) is 0.835. The fraction of sp³-hybridized carbons (Fsp3) is 0.455. The van der Waals surface area contributed by atoms with E-state index in [4.69, 9.17) is 22.1 Å². The molecule has 0 aromatic heterocycles. The Morgan fingerprint density at radius 2 is 2.14 bits per heavy atom. The third-order valence-electron chi connectivity index (χ3n) is 2.28. The first-order valence-corrected chi connectivity index (χ1v) is 5.10. The maximum Gasteiger partial charge on any atom is 0.140 e. The Morgan fingerprint density at radius 3 is 2.71 bits per heavy atom. The average molecular weight is 214 g/mol. The Hall–Kier alpha value is -0.730. The molecule has 2 N–H and O–H groups in total. The number of ether oxygens (including phenoxy) is 1. The smallest absolute Gasteiger partial charge is 0.140 e. The molecular formula is C11H16ClNO. The van der Waals surface area contributed by atoms with Crippen molar-refractivity contribution in [2.24, 2.45) is 5.73 Å². The Bertz CT molecular complexity index is 312. The fourth-order valence-electron chi connectivity index (χ4n) is 1.51. The molecule has 0 saturated carbocycles. The summed E-state index contributed by atoms with van der Waals surface area (Å²) in [5, 5.41) is 0.671. The number of benzene rings is 1. The summed E-state index contributed by atoms with van der Waals surface area (Å²) < 4.78 is 5.28. The zero-order valence-electron chi connectivity index (χ0n) is 8.64. The highest BCUT2D eigenvalue weighted by Crippen LogP contribution is 2.31. The van der Waals surface area contributed by atoms with Gasteiger partial charge in [-0.2, -0.15) is 0 Å². The zero-order chi connectivity index (χ0) is 10.6. The van der Waals surface area contributed by atoms with Crippen LogP contribution >= 0.6 is 11.6 Å². The van der Waals surface area contributed by atoms with Crippen LogP contribution in [0.25, 0.3) is 0 Å². The van der Waals surface area contributed by atoms with Crippen LogP contribution in [-0.2, 0) is 6.42 Å². The fourth-order valence-corrected chi connectivity index (χ4v) is 1.76. The van der Waals surface area contributed by atoms with Crippen molar-refractivity contribution in [2.75, 3.05) is 13.7 Å². The normalized spacial score (nSPS) is 10.3. The zero-order valence-corrected chi connectivity index (χ0v) is 9.40. The van der Waals surface area contributed by atoms with Crippen LogP contribution in [0.2, 0.25) is 5.02 Å². The minimum atomic E-state index is 0.671. The van der Waals surface area contributed by atoms with E-state index in [2.05, 4.69) is 6.92 Å². The second kappa shape index (κ2) is 5.23. The van der Waals surface area contributed by atoms with Gasteiger partial charge in [-0.1, -0.05) is 17.7 Å². The molecule has 0 radical (unpaired) electrons. The van der Waals surface area contributed by atoms with Crippen LogP contribution in [0, 0.1) is 6.92 Å². The molecule has 78 valence electrons. The Labute approximate surface area is 90.0 Å². The first-order valence-electron chi connectivity index (χ1n) is 4.72. The highest BCUT2D eigenvalue weighted by atomic mass is 35.5. The van der Waals surface area contributed by atoms with Crippen molar-refractivity contribution in [3.8, 4) is 5.75 Å². The lowest BCUT2D eigenvalue weighted by molar-refractivity contribution is 0.409. The number of aryl methyl sites for hydroxylation is 1. The second-order valence-corrected chi connectivity index (χ2v) is 3.68. The summed E-state index contributed by atoms with van der Waals surface area (Å²) in [5.74, 6) is 0.792. The molecule has 1 aromatic rings. The number of hydrogen-bond donors (Lipinski definition) is 1. The van der Waals surface area contributed by atoms with Gasteiger partial charge in [0.2, 0.25) is 0 Å². The molecule has 0 saturated heterocycles. The van der Waals surface area contributed by atoms with E-state index in [1.54, 1.807) is 7.11 Å². The molecule has 0 aliphatic heterocycles. The molecule has 2 nitrogen and oxygen atoms in total. The van der Waals surface area contributed by atoms with Crippen LogP contribution in [0.4, 0.5) is 0 Å². The Kier molecular flexibility index (Phi) is 4.23. The summed E-state index contributed by atoms with van der Waals surface area (Å²) in [6.07, 6.45) is 1.88. The molecule has 3 heteroatoms. The second-order valence-electron chi connectivity index (χ2n) is 3.27. The Balaban J connectivity index is 3.03. The monoisotopic (exact) mass is 213 g/mol. The summed E-state index contributed by atoms with van der Waals surface area (Å²) in [6.45, 7) is 2.75. The van der Waals surface area contributed by atoms with E-state index in [1.165, 1.54) is 11.1 Å². The van der Waals surface area contributed by atoms with Crippen LogP contribution in [0.15, 0.2) is 12.1 Å². The van der Waals surface area contributed by atoms with E-state index in [-0.39, 0.29) is 0 Å². The van der Waals surface area contributed by atoms with E-state index in [9.17, 15) is 0 Å². The van der Waals surface area contributed by atoms with Gasteiger partial charge < -0.3 is 10.5 Å². The number of nitrogens with two attached hydrogens (primary N) is 1. The molecule has 14 heavy (non-hydrogen) atoms. The minimum Gasteiger partial charge on any atom is -0.495 e. The number of methoxy groups -OCH3 is 1. The molecule has 0 aliphatic rings. The predicted octanol–water partition coefficient (Wildman–Crippen LogP) is 2.55. The van der Waals surface area contributed by atoms with E-state index >= 15 is 0 Å². The van der Waals surface area contributed by atoms with Gasteiger partial charge in [0.1, 0.15) is 5.75 Å². The highest BCUT2D eigenvalue weighted by Gasteiger charge is 2.09. The summed E-state index contributed by atoms with van der Waals surface area (Å²) in [6, 6.07) is 3.87. The lowest BCUT2D eigenvalue weighted by Crippen LogP contribution is -2.03. The predicted molar refractivity (Wildman–Crippen MR) is 60.1 cm³/mol. The van der Waals surface area contributed by atoms with Crippen molar-refractivity contribution in [3.05, 3.63) is 28.3 Å². The van der Waals surface area contributed by atoms with E-state index in [1.807, 2.05) is 12.1 Å². The number of halogens is 1. The van der Waals surface area contributed by atoms with E-state index in [0.29, 0.717) is 11.6 Å². The van der Waals surface area contributed by atoms with Gasteiger partial charge in [-0.15, -0.1) is 0 Å². The van der Waals surface area contributed by atoms with Gasteiger partial charge in [-0.05, 0) is 43.5 Å². The standard InChI is InChI=1S/C11H16ClNO/c1-8-5-6-10(12)11(14-2)9(8)4-3-7-13/h5-6H,3-4,7,13H2,1-2H3. The lowest BCUT2D eigenvalue weighted by atomic mass is 10.0. The van der Waals surface area contributed by atoms with Gasteiger partial charge in [0, 0.05) is 0 Å². The van der Waals surface area contributed by atoms with Gasteiger partial charge >= 0.3 is 0 Å². The molecule has 0 unspecified atom stereocenters. The van der Waals surface area contributed by atoms with Crippen LogP contribution in [-0.4, -0.2) is 13.7 Å². The number of hydrogen-bond acceptors (Lipinski definition) is 2. The maximum absolute atomic E-state index is 6.02. The van der Waals surface area contributed by atoms with Crippen molar-refractivity contribution >= 4 is 11.6 Å². The summed E-state index contributed by atoms with van der Waals surface area (Å²) in [7, 11) is 1.65. The third-order valence-corrected chi connectivity index (χ3v) is 2.58. The van der Waals surface area contributed by atoms with Crippen LogP contribution in [0.3, 0.4) is 0 Å². The topological polar surface area (TPSA) is 35.2 Å². The molecule has 0 spiro atoms. The molecule has 1 aromatic carbocycles. The van der Waals surface area contributed by atoms with Crippen molar-refractivity contribution < 1.29 is 4.74 Å². The molecule has 1 rings (SSSR count). The van der Waals surface area contributed by atoms with Crippen molar-refractivity contribution in [3.63, 3.8) is 0 Å². The minimum absolute atomic E-state index is 0.671. The average Bonchev–Trinajstić information content (AvgIpc) is 2.19. The first-order chi connectivity index (χ1) is 6.70. The molecule has 0 bridgehead atoms. The summed E-state index contributed by atoms with van der Waals surface area (Å²) in [4.78, 5) is 0. The molecule has 0 fully saturated rings. The van der Waals surface area contributed by atoms with Gasteiger partial charge in [-0.3, -0.25) is 0 Å². The first kappa shape index (κ1) is 11.3. The van der Waals surface area contributed by atoms with Gasteiger partial charge in [0.15, 0.2) is 0 Å². The number of rotatable bonds is 4. The van der Waals surface area contributed by atoms with Crippen LogP contribution < -0.4 is 10.5 Å². The largest absolute Gasteiger partial charge is 0.495 e. The van der Waals surface area contributed by atoms with Gasteiger partial charge in [0.25, 0.3) is 0 Å². The van der Waals surface area contributed by atoms with Gasteiger partial charge in [0.05, 0.1) is 12.1 Å². The molecule has 0 heterocycles. The van der Waals surface area contributed by atoms with Crippen LogP contribution in [0.1, 0.15) is 17.5 Å².